The molecular weight excluding hydrogens is 278 g/mol. The van der Waals surface area contributed by atoms with Crippen LogP contribution in [0.5, 0.6) is 0 Å². The van der Waals surface area contributed by atoms with Gasteiger partial charge in [-0.15, -0.1) is 0 Å². The normalized spacial score (nSPS) is 12.2. The number of rotatable bonds is 4. The number of imidazole rings is 1. The molecule has 0 atom stereocenters. The summed E-state index contributed by atoms with van der Waals surface area (Å²) in [5.74, 6) is 1.19. The largest absolute Gasteiger partial charge is 0.382 e. The Balaban J connectivity index is 2.45. The summed E-state index contributed by atoms with van der Waals surface area (Å²) in [6.45, 7) is 6.54. The topological polar surface area (TPSA) is 103 Å². The number of nitrogens with zero attached hydrogens (tertiary/aromatic N) is 3. The van der Waals surface area contributed by atoms with Gasteiger partial charge in [0, 0.05) is 18.8 Å². The fourth-order valence-electron chi connectivity index (χ4n) is 2.23. The molecule has 20 heavy (non-hydrogen) atoms. The van der Waals surface area contributed by atoms with Gasteiger partial charge in [-0.3, -0.25) is 0 Å². The Kier molecular flexibility index (Phi) is 3.70. The van der Waals surface area contributed by atoms with Crippen LogP contribution in [0.15, 0.2) is 0 Å². The molecule has 3 N–H and O–H groups in total. The Morgan fingerprint density at radius 2 is 1.90 bits per heavy atom. The number of fused-ring (bicyclic) bond motifs is 1. The standard InChI is InChI=1S/C12H19N5O2S/c1-7-8(2)15-12(13)10-11(7)17(9(3)16-10)6-5-14-20(4,18)19/h14H,5-6H2,1-4H3,(H2,13,15). The Morgan fingerprint density at radius 3 is 2.50 bits per heavy atom. The summed E-state index contributed by atoms with van der Waals surface area (Å²) in [5, 5.41) is 0. The molecule has 110 valence electrons. The van der Waals surface area contributed by atoms with E-state index in [1.165, 1.54) is 0 Å². The van der Waals surface area contributed by atoms with Gasteiger partial charge in [-0.05, 0) is 26.3 Å². The summed E-state index contributed by atoms with van der Waals surface area (Å²) >= 11 is 0. The molecule has 0 saturated heterocycles. The highest BCUT2D eigenvalue weighted by Gasteiger charge is 2.15. The number of anilines is 1. The van der Waals surface area contributed by atoms with Crippen LogP contribution in [-0.2, 0) is 16.6 Å². The summed E-state index contributed by atoms with van der Waals surface area (Å²) < 4.78 is 26.7. The lowest BCUT2D eigenvalue weighted by Crippen LogP contribution is -2.26. The molecule has 0 aliphatic carbocycles. The number of nitrogens with one attached hydrogen (secondary N) is 1. The molecular formula is C12H19N5O2S. The number of nitrogen functional groups attached to an aromatic ring is 1. The van der Waals surface area contributed by atoms with Crippen LogP contribution in [0.1, 0.15) is 17.1 Å². The monoisotopic (exact) mass is 297 g/mol. The number of aryl methyl sites for hydroxylation is 3. The van der Waals surface area contributed by atoms with Crippen LogP contribution >= 0.6 is 0 Å². The number of hydrogen-bond donors (Lipinski definition) is 2. The van der Waals surface area contributed by atoms with Gasteiger partial charge in [0.1, 0.15) is 11.3 Å². The zero-order valence-corrected chi connectivity index (χ0v) is 12.9. The minimum absolute atomic E-state index is 0.311. The van der Waals surface area contributed by atoms with Crippen LogP contribution in [0, 0.1) is 20.8 Å². The highest BCUT2D eigenvalue weighted by Crippen LogP contribution is 2.25. The minimum atomic E-state index is -3.19. The first-order valence-electron chi connectivity index (χ1n) is 6.25. The maximum Gasteiger partial charge on any atom is 0.208 e. The van der Waals surface area contributed by atoms with Crippen LogP contribution in [0.25, 0.3) is 11.0 Å². The molecule has 0 bridgehead atoms. The van der Waals surface area contributed by atoms with Gasteiger partial charge >= 0.3 is 0 Å². The zero-order valence-electron chi connectivity index (χ0n) is 12.1. The number of sulfonamides is 1. The number of hydrogen-bond acceptors (Lipinski definition) is 5. The smallest absolute Gasteiger partial charge is 0.208 e. The van der Waals surface area contributed by atoms with Crippen LogP contribution < -0.4 is 10.5 Å². The van der Waals surface area contributed by atoms with Crippen LogP contribution in [0.4, 0.5) is 5.82 Å². The van der Waals surface area contributed by atoms with Crippen LogP contribution in [-0.4, -0.2) is 35.8 Å². The summed E-state index contributed by atoms with van der Waals surface area (Å²) in [5.41, 5.74) is 9.36. The van der Waals surface area contributed by atoms with Crippen molar-refractivity contribution in [2.45, 2.75) is 27.3 Å². The van der Waals surface area contributed by atoms with Crippen LogP contribution in [0.3, 0.4) is 0 Å². The molecule has 2 aromatic heterocycles. The van der Waals surface area contributed by atoms with Gasteiger partial charge in [0.05, 0.1) is 11.8 Å². The predicted molar refractivity (Wildman–Crippen MR) is 79.0 cm³/mol. The molecule has 0 aromatic carbocycles. The van der Waals surface area contributed by atoms with E-state index in [2.05, 4.69) is 14.7 Å². The van der Waals surface area contributed by atoms with Gasteiger partial charge in [-0.1, -0.05) is 0 Å². The first kappa shape index (κ1) is 14.7. The van der Waals surface area contributed by atoms with E-state index in [0.29, 0.717) is 24.4 Å². The predicted octanol–water partition coefficient (Wildman–Crippen LogP) is 0.488. The van der Waals surface area contributed by atoms with Crippen molar-refractivity contribution in [3.8, 4) is 0 Å². The van der Waals surface area contributed by atoms with E-state index in [9.17, 15) is 8.42 Å². The maximum absolute atomic E-state index is 11.1. The average molecular weight is 297 g/mol. The highest BCUT2D eigenvalue weighted by atomic mass is 32.2. The van der Waals surface area contributed by atoms with Crippen molar-refractivity contribution in [1.29, 1.82) is 0 Å². The fraction of sp³-hybridized carbons (Fsp3) is 0.500. The lowest BCUT2D eigenvalue weighted by atomic mass is 10.2. The second-order valence-corrected chi connectivity index (χ2v) is 6.71. The van der Waals surface area contributed by atoms with E-state index in [0.717, 1.165) is 28.9 Å². The van der Waals surface area contributed by atoms with E-state index in [4.69, 9.17) is 5.73 Å². The summed E-state index contributed by atoms with van der Waals surface area (Å²) in [6, 6.07) is 0. The van der Waals surface area contributed by atoms with Crippen molar-refractivity contribution in [3.63, 3.8) is 0 Å². The quantitative estimate of drug-likeness (QED) is 0.855. The van der Waals surface area contributed by atoms with Gasteiger partial charge in [-0.25, -0.2) is 23.1 Å². The molecule has 0 aliphatic rings. The molecule has 0 radical (unpaired) electrons. The third kappa shape index (κ3) is 2.75. The lowest BCUT2D eigenvalue weighted by molar-refractivity contribution is 0.578. The third-order valence-corrected chi connectivity index (χ3v) is 4.02. The molecule has 0 saturated carbocycles. The summed E-state index contributed by atoms with van der Waals surface area (Å²) in [6.07, 6.45) is 1.14. The molecule has 0 unspecified atom stereocenters. The molecule has 2 rings (SSSR count). The molecule has 0 fully saturated rings. The minimum Gasteiger partial charge on any atom is -0.382 e. The molecule has 2 aromatic rings. The van der Waals surface area contributed by atoms with E-state index < -0.39 is 10.0 Å². The second kappa shape index (κ2) is 5.02. The van der Waals surface area contributed by atoms with Gasteiger partial charge in [0.25, 0.3) is 0 Å². The third-order valence-electron chi connectivity index (χ3n) is 3.29. The Bertz CT molecular complexity index is 764. The van der Waals surface area contributed by atoms with Gasteiger partial charge < -0.3 is 10.3 Å². The van der Waals surface area contributed by atoms with Crippen molar-refractivity contribution in [1.82, 2.24) is 19.3 Å². The van der Waals surface area contributed by atoms with E-state index in [-0.39, 0.29) is 0 Å². The maximum atomic E-state index is 11.1. The highest BCUT2D eigenvalue weighted by molar-refractivity contribution is 7.88. The lowest BCUT2D eigenvalue weighted by Gasteiger charge is -2.10. The SMILES string of the molecule is Cc1nc(N)c2nc(C)n(CCNS(C)(=O)=O)c2c1C. The molecule has 2 heterocycles. The average Bonchev–Trinajstić information content (AvgIpc) is 2.63. The number of aromatic nitrogens is 3. The first-order valence-corrected chi connectivity index (χ1v) is 8.14. The molecule has 0 spiro atoms. The zero-order chi connectivity index (χ0) is 15.1. The molecule has 0 amide bonds. The van der Waals surface area contributed by atoms with Crippen molar-refractivity contribution in [3.05, 3.63) is 17.1 Å². The van der Waals surface area contributed by atoms with E-state index in [1.807, 2.05) is 25.3 Å². The Morgan fingerprint density at radius 1 is 1.25 bits per heavy atom. The molecule has 7 nitrogen and oxygen atoms in total. The summed E-state index contributed by atoms with van der Waals surface area (Å²) in [7, 11) is -3.19. The Labute approximate surface area is 118 Å². The van der Waals surface area contributed by atoms with Crippen molar-refractivity contribution >= 4 is 26.9 Å². The van der Waals surface area contributed by atoms with Gasteiger partial charge in [-0.2, -0.15) is 0 Å². The van der Waals surface area contributed by atoms with E-state index >= 15 is 0 Å². The fourth-order valence-corrected chi connectivity index (χ4v) is 2.69. The first-order chi connectivity index (χ1) is 9.20. The van der Waals surface area contributed by atoms with Crippen molar-refractivity contribution in [2.24, 2.45) is 0 Å². The Hall–Kier alpha value is -1.67. The molecule has 0 aliphatic heterocycles. The van der Waals surface area contributed by atoms with Gasteiger partial charge in [0.2, 0.25) is 10.0 Å². The van der Waals surface area contributed by atoms with Crippen molar-refractivity contribution in [2.75, 3.05) is 18.5 Å². The summed E-state index contributed by atoms with van der Waals surface area (Å²) in [4.78, 5) is 8.69. The van der Waals surface area contributed by atoms with E-state index in [1.54, 1.807) is 0 Å². The molecule has 8 heteroatoms. The second-order valence-electron chi connectivity index (χ2n) is 4.88. The number of nitrogens with two attached hydrogens (primary N) is 1. The van der Waals surface area contributed by atoms with Gasteiger partial charge in [0.15, 0.2) is 5.82 Å². The van der Waals surface area contributed by atoms with Crippen LogP contribution in [0.2, 0.25) is 0 Å². The number of pyridine rings is 1. The van der Waals surface area contributed by atoms with Crippen molar-refractivity contribution < 1.29 is 8.42 Å².